The predicted molar refractivity (Wildman–Crippen MR) is 96.4 cm³/mol. The second kappa shape index (κ2) is 7.54. The number of carbonyl (C=O) groups excluding carboxylic acids is 2. The molecule has 3 heterocycles. The number of nitrogens with two attached hydrogens (primary N) is 1. The molecule has 9 heteroatoms. The molecular weight excluding hydrogens is 362 g/mol. The molecule has 0 aliphatic heterocycles. The number of halogens is 1. The van der Waals surface area contributed by atoms with E-state index in [4.69, 9.17) is 17.3 Å². The van der Waals surface area contributed by atoms with Crippen LogP contribution in [0.1, 0.15) is 23.0 Å². The fourth-order valence-electron chi connectivity index (χ4n) is 2.43. The summed E-state index contributed by atoms with van der Waals surface area (Å²) in [4.78, 5) is 28.6. The highest BCUT2D eigenvalue weighted by Crippen LogP contribution is 2.22. The van der Waals surface area contributed by atoms with Gasteiger partial charge in [-0.1, -0.05) is 17.7 Å². The quantitative estimate of drug-likeness (QED) is 0.615. The van der Waals surface area contributed by atoms with Crippen molar-refractivity contribution in [3.63, 3.8) is 0 Å². The van der Waals surface area contributed by atoms with Crippen molar-refractivity contribution in [1.82, 2.24) is 20.0 Å². The van der Waals surface area contributed by atoms with Crippen LogP contribution in [0.4, 0.5) is 4.79 Å². The highest BCUT2D eigenvalue weighted by atomic mass is 35.5. The van der Waals surface area contributed by atoms with Gasteiger partial charge in [0, 0.05) is 17.3 Å². The number of hydrogen-bond acceptors (Lipinski definition) is 4. The number of fused-ring (bicyclic) bond motifs is 1. The Morgan fingerprint density at radius 2 is 2.16 bits per heavy atom. The minimum Gasteiger partial charge on any atom is -0.352 e. The number of aromatic nitrogens is 2. The number of carbonyl (C=O) groups is 2. The van der Waals surface area contributed by atoms with Crippen molar-refractivity contribution in [3.05, 3.63) is 57.6 Å². The average molecular weight is 378 g/mol. The van der Waals surface area contributed by atoms with Crippen LogP contribution < -0.4 is 16.4 Å². The molecule has 0 saturated carbocycles. The molecule has 0 saturated heterocycles. The number of nitrogens with one attached hydrogen (secondary N) is 2. The van der Waals surface area contributed by atoms with Crippen molar-refractivity contribution < 1.29 is 9.59 Å². The van der Waals surface area contributed by atoms with E-state index in [1.165, 1.54) is 11.3 Å². The molecule has 0 bridgehead atoms. The van der Waals surface area contributed by atoms with Crippen LogP contribution in [0.25, 0.3) is 5.65 Å². The van der Waals surface area contributed by atoms with Gasteiger partial charge in [-0.3, -0.25) is 4.79 Å². The fraction of sp³-hybridized carbons (Fsp3) is 0.188. The van der Waals surface area contributed by atoms with Gasteiger partial charge in [-0.05, 0) is 23.6 Å². The van der Waals surface area contributed by atoms with E-state index in [9.17, 15) is 9.59 Å². The number of pyridine rings is 1. The van der Waals surface area contributed by atoms with Crippen molar-refractivity contribution >= 4 is 40.5 Å². The fourth-order valence-corrected chi connectivity index (χ4v) is 3.38. The molecule has 4 N–H and O–H groups in total. The number of hydrogen-bond donors (Lipinski definition) is 3. The SMILES string of the molecule is NC(=O)NC(CC(=O)NCc1cn2cc(Cl)ccc2n1)c1cccs1. The third-order valence-corrected chi connectivity index (χ3v) is 4.73. The van der Waals surface area contributed by atoms with Gasteiger partial charge < -0.3 is 20.8 Å². The monoisotopic (exact) mass is 377 g/mol. The normalized spacial score (nSPS) is 12.0. The molecule has 0 aromatic carbocycles. The van der Waals surface area contributed by atoms with Gasteiger partial charge in [0.25, 0.3) is 0 Å². The maximum Gasteiger partial charge on any atom is 0.312 e. The van der Waals surface area contributed by atoms with E-state index in [2.05, 4.69) is 15.6 Å². The molecule has 1 unspecified atom stereocenters. The van der Waals surface area contributed by atoms with Gasteiger partial charge in [-0.25, -0.2) is 9.78 Å². The summed E-state index contributed by atoms with van der Waals surface area (Å²) in [6, 6.07) is 6.16. The van der Waals surface area contributed by atoms with Gasteiger partial charge in [-0.15, -0.1) is 11.3 Å². The molecule has 0 aliphatic rings. The first-order chi connectivity index (χ1) is 12.0. The number of imidazole rings is 1. The topological polar surface area (TPSA) is 102 Å². The zero-order valence-electron chi connectivity index (χ0n) is 13.1. The van der Waals surface area contributed by atoms with Gasteiger partial charge in [0.2, 0.25) is 5.91 Å². The molecule has 0 aliphatic carbocycles. The molecule has 130 valence electrons. The molecular formula is C16H16ClN5O2S. The number of rotatable bonds is 6. The van der Waals surface area contributed by atoms with Crippen molar-refractivity contribution in [2.45, 2.75) is 19.0 Å². The first-order valence-corrected chi connectivity index (χ1v) is 8.76. The van der Waals surface area contributed by atoms with E-state index in [-0.39, 0.29) is 18.9 Å². The van der Waals surface area contributed by atoms with Crippen molar-refractivity contribution in [3.8, 4) is 0 Å². The third kappa shape index (κ3) is 4.49. The van der Waals surface area contributed by atoms with E-state index in [0.29, 0.717) is 10.7 Å². The maximum absolute atomic E-state index is 12.2. The Labute approximate surface area is 152 Å². The third-order valence-electron chi connectivity index (χ3n) is 3.52. The summed E-state index contributed by atoms with van der Waals surface area (Å²) in [7, 11) is 0. The highest BCUT2D eigenvalue weighted by molar-refractivity contribution is 7.10. The van der Waals surface area contributed by atoms with Crippen LogP contribution in [-0.4, -0.2) is 21.3 Å². The van der Waals surface area contributed by atoms with E-state index >= 15 is 0 Å². The maximum atomic E-state index is 12.2. The van der Waals surface area contributed by atoms with Crippen LogP contribution in [0.3, 0.4) is 0 Å². The van der Waals surface area contributed by atoms with Crippen LogP contribution in [0.2, 0.25) is 5.02 Å². The van der Waals surface area contributed by atoms with Crippen LogP contribution >= 0.6 is 22.9 Å². The minimum atomic E-state index is -0.663. The Morgan fingerprint density at radius 1 is 1.32 bits per heavy atom. The Bertz CT molecular complexity index is 893. The Balaban J connectivity index is 1.61. The highest BCUT2D eigenvalue weighted by Gasteiger charge is 2.18. The van der Waals surface area contributed by atoms with Crippen LogP contribution in [0.5, 0.6) is 0 Å². The smallest absolute Gasteiger partial charge is 0.312 e. The first-order valence-electron chi connectivity index (χ1n) is 7.50. The Kier molecular flexibility index (Phi) is 5.20. The molecule has 7 nitrogen and oxygen atoms in total. The summed E-state index contributed by atoms with van der Waals surface area (Å²) in [6.45, 7) is 0.284. The van der Waals surface area contributed by atoms with Crippen LogP contribution in [0.15, 0.2) is 42.0 Å². The molecule has 1 atom stereocenters. The Morgan fingerprint density at radius 3 is 2.88 bits per heavy atom. The number of amides is 3. The molecule has 3 aromatic rings. The minimum absolute atomic E-state index is 0.0999. The van der Waals surface area contributed by atoms with Crippen molar-refractivity contribution in [2.75, 3.05) is 0 Å². The zero-order chi connectivity index (χ0) is 17.8. The summed E-state index contributed by atoms with van der Waals surface area (Å²) >= 11 is 7.40. The molecule has 3 rings (SSSR count). The van der Waals surface area contributed by atoms with Gasteiger partial charge in [0.15, 0.2) is 0 Å². The second-order valence-corrected chi connectivity index (χ2v) is 6.82. The second-order valence-electron chi connectivity index (χ2n) is 5.40. The summed E-state index contributed by atoms with van der Waals surface area (Å²) < 4.78 is 1.80. The summed E-state index contributed by atoms with van der Waals surface area (Å²) in [5.74, 6) is -0.206. The van der Waals surface area contributed by atoms with Gasteiger partial charge >= 0.3 is 6.03 Å². The molecule has 0 fully saturated rings. The lowest BCUT2D eigenvalue weighted by atomic mass is 10.1. The largest absolute Gasteiger partial charge is 0.352 e. The summed E-state index contributed by atoms with van der Waals surface area (Å²) in [6.07, 6.45) is 3.65. The van der Waals surface area contributed by atoms with Gasteiger partial charge in [0.05, 0.1) is 29.7 Å². The van der Waals surface area contributed by atoms with Gasteiger partial charge in [0.1, 0.15) is 5.65 Å². The lowest BCUT2D eigenvalue weighted by Gasteiger charge is -2.15. The van der Waals surface area contributed by atoms with Crippen molar-refractivity contribution in [1.29, 1.82) is 0 Å². The number of urea groups is 1. The summed E-state index contributed by atoms with van der Waals surface area (Å²) in [5, 5.41) is 7.89. The summed E-state index contributed by atoms with van der Waals surface area (Å²) in [5.41, 5.74) is 6.66. The first kappa shape index (κ1) is 17.2. The van der Waals surface area contributed by atoms with E-state index < -0.39 is 12.1 Å². The van der Waals surface area contributed by atoms with Crippen LogP contribution in [0, 0.1) is 0 Å². The number of thiophene rings is 1. The Hall–Kier alpha value is -2.58. The predicted octanol–water partition coefficient (Wildman–Crippen LogP) is 2.47. The van der Waals surface area contributed by atoms with E-state index in [1.54, 1.807) is 28.9 Å². The molecule has 0 radical (unpaired) electrons. The number of nitrogens with zero attached hydrogens (tertiary/aromatic N) is 2. The lowest BCUT2D eigenvalue weighted by molar-refractivity contribution is -0.121. The molecule has 3 amide bonds. The lowest BCUT2D eigenvalue weighted by Crippen LogP contribution is -2.36. The number of primary amides is 1. The standard InChI is InChI=1S/C16H16ClN5O2S/c17-10-3-4-14-20-11(9-22(14)8-10)7-19-15(23)6-12(21-16(18)24)13-2-1-5-25-13/h1-5,8-9,12H,6-7H2,(H,19,23)(H3,18,21,24). The molecule has 3 aromatic heterocycles. The van der Waals surface area contributed by atoms with Crippen LogP contribution in [-0.2, 0) is 11.3 Å². The molecule has 0 spiro atoms. The van der Waals surface area contributed by atoms with Gasteiger partial charge in [-0.2, -0.15) is 0 Å². The average Bonchev–Trinajstić information content (AvgIpc) is 3.20. The van der Waals surface area contributed by atoms with E-state index in [0.717, 1.165) is 10.5 Å². The van der Waals surface area contributed by atoms with Crippen molar-refractivity contribution in [2.24, 2.45) is 5.73 Å². The molecule has 25 heavy (non-hydrogen) atoms. The van der Waals surface area contributed by atoms with E-state index in [1.807, 2.05) is 17.5 Å². The zero-order valence-corrected chi connectivity index (χ0v) is 14.7.